The Balaban J connectivity index is 1.54. The van der Waals surface area contributed by atoms with Gasteiger partial charge >= 0.3 is 0 Å². The first-order valence-corrected chi connectivity index (χ1v) is 13.5. The van der Waals surface area contributed by atoms with Crippen molar-refractivity contribution >= 4 is 5.78 Å². The number of hydrogen-bond donors (Lipinski definition) is 3. The second-order valence-electron chi connectivity index (χ2n) is 13.2. The van der Waals surface area contributed by atoms with Gasteiger partial charge in [0.05, 0.1) is 18.3 Å². The van der Waals surface area contributed by atoms with Crippen LogP contribution in [-0.4, -0.2) is 39.4 Å². The van der Waals surface area contributed by atoms with E-state index in [9.17, 15) is 20.1 Å². The Kier molecular flexibility index (Phi) is 6.66. The second-order valence-corrected chi connectivity index (χ2v) is 13.2. The van der Waals surface area contributed by atoms with Gasteiger partial charge in [0, 0.05) is 12.3 Å². The van der Waals surface area contributed by atoms with Crippen molar-refractivity contribution < 1.29 is 20.1 Å². The highest BCUT2D eigenvalue weighted by Crippen LogP contribution is 2.67. The van der Waals surface area contributed by atoms with Crippen molar-refractivity contribution in [1.29, 1.82) is 0 Å². The molecule has 0 aromatic heterocycles. The molecule has 0 aromatic rings. The predicted molar refractivity (Wildman–Crippen MR) is 127 cm³/mol. The number of carbonyl (C=O) groups excluding carboxylic acids is 1. The standard InChI is InChI=1S/C28H48O4/c1-15(2)16(3)25(31)26(32)17(4)20-7-8-21-19-14-24(30)23-13-18(29)9-11-28(23,6)22(19)10-12-27(20,21)5/h15-23,25-26,29,31-32H,7-14H2,1-6H3/t16-,17-,18-,19-,20+,21-,22-,23-,25+,26+,27-,28+/m0/s1. The van der Waals surface area contributed by atoms with Gasteiger partial charge in [-0.3, -0.25) is 4.79 Å². The first-order valence-electron chi connectivity index (χ1n) is 13.5. The largest absolute Gasteiger partial charge is 0.393 e. The van der Waals surface area contributed by atoms with Gasteiger partial charge in [-0.15, -0.1) is 0 Å². The van der Waals surface area contributed by atoms with Gasteiger partial charge in [0.1, 0.15) is 5.78 Å². The molecule has 4 nitrogen and oxygen atoms in total. The number of ketones is 1. The van der Waals surface area contributed by atoms with Crippen molar-refractivity contribution in [1.82, 2.24) is 0 Å². The van der Waals surface area contributed by atoms with Crippen LogP contribution in [0.25, 0.3) is 0 Å². The Hall–Kier alpha value is -0.450. The van der Waals surface area contributed by atoms with E-state index in [0.717, 1.165) is 38.5 Å². The third-order valence-corrected chi connectivity index (χ3v) is 11.6. The van der Waals surface area contributed by atoms with Crippen LogP contribution in [-0.2, 0) is 4.79 Å². The summed E-state index contributed by atoms with van der Waals surface area (Å²) in [5.74, 6) is 2.88. The summed E-state index contributed by atoms with van der Waals surface area (Å²) in [4.78, 5) is 13.3. The van der Waals surface area contributed by atoms with Crippen LogP contribution in [0, 0.1) is 58.2 Å². The number of carbonyl (C=O) groups is 1. The lowest BCUT2D eigenvalue weighted by molar-refractivity contribution is -0.161. The summed E-state index contributed by atoms with van der Waals surface area (Å²) in [6, 6.07) is 0. The molecule has 32 heavy (non-hydrogen) atoms. The summed E-state index contributed by atoms with van der Waals surface area (Å²) in [6.45, 7) is 13.2. The third-order valence-electron chi connectivity index (χ3n) is 11.6. The molecule has 12 atom stereocenters. The van der Waals surface area contributed by atoms with Crippen LogP contribution in [0.3, 0.4) is 0 Å². The highest BCUT2D eigenvalue weighted by Gasteiger charge is 2.63. The molecule has 4 fully saturated rings. The Morgan fingerprint density at radius 1 is 0.875 bits per heavy atom. The summed E-state index contributed by atoms with van der Waals surface area (Å²) in [5, 5.41) is 32.2. The van der Waals surface area contributed by atoms with E-state index in [2.05, 4.69) is 34.6 Å². The van der Waals surface area contributed by atoms with Crippen molar-refractivity contribution in [2.75, 3.05) is 0 Å². The summed E-state index contributed by atoms with van der Waals surface area (Å²) in [7, 11) is 0. The number of hydrogen-bond acceptors (Lipinski definition) is 4. The van der Waals surface area contributed by atoms with Gasteiger partial charge in [-0.25, -0.2) is 0 Å². The molecule has 184 valence electrons. The number of rotatable bonds is 5. The molecule has 0 aromatic carbocycles. The molecule has 4 aliphatic rings. The van der Waals surface area contributed by atoms with E-state index in [-0.39, 0.29) is 34.7 Å². The van der Waals surface area contributed by atoms with E-state index in [1.165, 1.54) is 0 Å². The Morgan fingerprint density at radius 3 is 2.16 bits per heavy atom. The zero-order valence-electron chi connectivity index (χ0n) is 21.3. The molecule has 3 N–H and O–H groups in total. The summed E-state index contributed by atoms with van der Waals surface area (Å²) in [6.07, 6.45) is 6.05. The average Bonchev–Trinajstić information content (AvgIpc) is 3.10. The number of aliphatic hydroxyl groups is 3. The van der Waals surface area contributed by atoms with Crippen LogP contribution in [0.2, 0.25) is 0 Å². The van der Waals surface area contributed by atoms with Crippen LogP contribution in [0.1, 0.15) is 92.9 Å². The maximum absolute atomic E-state index is 13.3. The Bertz CT molecular complexity index is 706. The number of Topliss-reactive ketones (excluding diaryl/α,β-unsaturated/α-hetero) is 1. The number of fused-ring (bicyclic) bond motifs is 5. The molecule has 0 radical (unpaired) electrons. The minimum Gasteiger partial charge on any atom is -0.393 e. The molecule has 0 heterocycles. The normalized spacial score (nSPS) is 47.9. The van der Waals surface area contributed by atoms with Gasteiger partial charge in [-0.2, -0.15) is 0 Å². The molecule has 0 amide bonds. The first-order chi connectivity index (χ1) is 14.9. The van der Waals surface area contributed by atoms with Crippen LogP contribution in [0.15, 0.2) is 0 Å². The fourth-order valence-corrected chi connectivity index (χ4v) is 9.18. The van der Waals surface area contributed by atoms with Crippen molar-refractivity contribution in [3.63, 3.8) is 0 Å². The fourth-order valence-electron chi connectivity index (χ4n) is 9.18. The minimum absolute atomic E-state index is 0.0440. The van der Waals surface area contributed by atoms with E-state index >= 15 is 0 Å². The summed E-state index contributed by atoms with van der Waals surface area (Å²) in [5.41, 5.74) is 0.187. The van der Waals surface area contributed by atoms with Gasteiger partial charge in [-0.1, -0.05) is 41.5 Å². The van der Waals surface area contributed by atoms with E-state index < -0.39 is 12.2 Å². The molecule has 4 saturated carbocycles. The van der Waals surface area contributed by atoms with Crippen molar-refractivity contribution in [3.05, 3.63) is 0 Å². The van der Waals surface area contributed by atoms with Crippen LogP contribution in [0.4, 0.5) is 0 Å². The summed E-state index contributed by atoms with van der Waals surface area (Å²) >= 11 is 0. The molecular formula is C28H48O4. The third kappa shape index (κ3) is 3.71. The highest BCUT2D eigenvalue weighted by atomic mass is 16.3. The van der Waals surface area contributed by atoms with Gasteiger partial charge in [0.2, 0.25) is 0 Å². The monoisotopic (exact) mass is 448 g/mol. The second kappa shape index (κ2) is 8.64. The maximum atomic E-state index is 13.3. The van der Waals surface area contributed by atoms with Crippen LogP contribution >= 0.6 is 0 Å². The van der Waals surface area contributed by atoms with E-state index in [0.29, 0.717) is 48.2 Å². The molecule has 4 aliphatic carbocycles. The molecule has 0 saturated heterocycles. The van der Waals surface area contributed by atoms with E-state index in [4.69, 9.17) is 0 Å². The van der Waals surface area contributed by atoms with Gasteiger partial charge in [0.25, 0.3) is 0 Å². The smallest absolute Gasteiger partial charge is 0.136 e. The van der Waals surface area contributed by atoms with Crippen LogP contribution < -0.4 is 0 Å². The molecular weight excluding hydrogens is 400 g/mol. The SMILES string of the molecule is CC(C)[C@H](C)[C@@H](O)[C@H](O)[C@@H](C)[C@H]1CC[C@H]2[C@@H]3CC(=O)[C@@H]4C[C@@H](O)CC[C@]4(C)[C@H]3CC[C@@]12C. The van der Waals surface area contributed by atoms with E-state index in [1.54, 1.807) is 0 Å². The molecule has 0 bridgehead atoms. The topological polar surface area (TPSA) is 77.8 Å². The Labute approximate surface area is 195 Å². The van der Waals surface area contributed by atoms with Crippen molar-refractivity contribution in [2.45, 2.75) is 111 Å². The van der Waals surface area contributed by atoms with Crippen molar-refractivity contribution in [2.24, 2.45) is 58.2 Å². The van der Waals surface area contributed by atoms with E-state index in [1.807, 2.05) is 6.92 Å². The first kappa shape index (κ1) is 24.7. The highest BCUT2D eigenvalue weighted by molar-refractivity contribution is 5.83. The predicted octanol–water partition coefficient (Wildman–Crippen LogP) is 4.84. The zero-order chi connectivity index (χ0) is 23.6. The maximum Gasteiger partial charge on any atom is 0.136 e. The lowest BCUT2D eigenvalue weighted by Gasteiger charge is -2.60. The Morgan fingerprint density at radius 2 is 1.50 bits per heavy atom. The van der Waals surface area contributed by atoms with Gasteiger partial charge in [0.15, 0.2) is 0 Å². The molecule has 4 heteroatoms. The quantitative estimate of drug-likeness (QED) is 0.563. The average molecular weight is 449 g/mol. The van der Waals surface area contributed by atoms with Gasteiger partial charge < -0.3 is 15.3 Å². The lowest BCUT2D eigenvalue weighted by atomic mass is 9.44. The fraction of sp³-hybridized carbons (Fsp3) is 0.964. The van der Waals surface area contributed by atoms with Crippen LogP contribution in [0.5, 0.6) is 0 Å². The number of aliphatic hydroxyl groups excluding tert-OH is 3. The summed E-state index contributed by atoms with van der Waals surface area (Å²) < 4.78 is 0. The zero-order valence-corrected chi connectivity index (χ0v) is 21.3. The molecule has 0 unspecified atom stereocenters. The van der Waals surface area contributed by atoms with Gasteiger partial charge in [-0.05, 0) is 97.2 Å². The van der Waals surface area contributed by atoms with Crippen molar-refractivity contribution in [3.8, 4) is 0 Å². The minimum atomic E-state index is -0.694. The molecule has 0 aliphatic heterocycles. The lowest BCUT2D eigenvalue weighted by Crippen LogP contribution is -2.57. The molecule has 4 rings (SSSR count). The molecule has 0 spiro atoms.